The molecule has 0 bridgehead atoms. The van der Waals surface area contributed by atoms with Gasteiger partial charge < -0.3 is 4.90 Å². The number of rotatable bonds is 6. The van der Waals surface area contributed by atoms with Crippen LogP contribution in [-0.2, 0) is 0 Å². The Kier molecular flexibility index (Phi) is 7.19. The summed E-state index contributed by atoms with van der Waals surface area (Å²) < 4.78 is 0. The first kappa shape index (κ1) is 16.5. The van der Waals surface area contributed by atoms with Gasteiger partial charge in [-0.1, -0.05) is 36.7 Å². The van der Waals surface area contributed by atoms with Gasteiger partial charge in [0.05, 0.1) is 0 Å². The molecule has 0 saturated carbocycles. The Hall–Kier alpha value is 0.400. The Morgan fingerprint density at radius 3 is 2.33 bits per heavy atom. The summed E-state index contributed by atoms with van der Waals surface area (Å²) in [5, 5.41) is 1.13. The molecule has 1 aliphatic rings. The highest BCUT2D eigenvalue weighted by Gasteiger charge is 2.31. The lowest BCUT2D eigenvalue weighted by molar-refractivity contribution is 0.112. The molecule has 108 valence electrons. The van der Waals surface area contributed by atoms with Crippen molar-refractivity contribution in [3.63, 3.8) is 0 Å². The number of hydrogen-bond donors (Lipinski definition) is 0. The monoisotopic (exact) mass is 318 g/mol. The molecule has 1 rings (SSSR count). The number of likely N-dealkylation sites (N-methyl/N-ethyl adjacent to an activating group) is 1. The van der Waals surface area contributed by atoms with Crippen LogP contribution in [0.2, 0.25) is 0 Å². The minimum Gasteiger partial charge on any atom is -0.305 e. The molecule has 0 aromatic heterocycles. The van der Waals surface area contributed by atoms with Gasteiger partial charge in [0.1, 0.15) is 0 Å². The minimum absolute atomic E-state index is 0.469. The van der Waals surface area contributed by atoms with Gasteiger partial charge in [-0.2, -0.15) is 0 Å². The summed E-state index contributed by atoms with van der Waals surface area (Å²) in [5.41, 5.74) is 0.469. The molecule has 0 aromatic carbocycles. The maximum absolute atomic E-state index is 3.76. The van der Waals surface area contributed by atoms with Gasteiger partial charge in [-0.3, -0.25) is 4.90 Å². The van der Waals surface area contributed by atoms with Crippen LogP contribution in [0.4, 0.5) is 0 Å². The standard InChI is InChI=1S/C15H31BrN2/c1-5-14-11-17(4)9-8-10-18(14)13-15(6-2,7-3)12-16/h14H,5-13H2,1-4H3. The van der Waals surface area contributed by atoms with E-state index in [1.54, 1.807) is 0 Å². The lowest BCUT2D eigenvalue weighted by Gasteiger charge is -2.39. The van der Waals surface area contributed by atoms with E-state index >= 15 is 0 Å². The molecule has 0 amide bonds. The number of nitrogens with zero attached hydrogens (tertiary/aromatic N) is 2. The fraction of sp³-hybridized carbons (Fsp3) is 1.00. The average molecular weight is 319 g/mol. The second kappa shape index (κ2) is 7.86. The largest absolute Gasteiger partial charge is 0.305 e. The Morgan fingerprint density at radius 1 is 1.17 bits per heavy atom. The summed E-state index contributed by atoms with van der Waals surface area (Å²) in [4.78, 5) is 5.26. The molecular formula is C15H31BrN2. The van der Waals surface area contributed by atoms with E-state index in [9.17, 15) is 0 Å². The zero-order chi connectivity index (χ0) is 13.6. The van der Waals surface area contributed by atoms with Gasteiger partial charge >= 0.3 is 0 Å². The maximum atomic E-state index is 3.76. The van der Waals surface area contributed by atoms with Crippen molar-refractivity contribution in [2.24, 2.45) is 5.41 Å². The molecule has 1 saturated heterocycles. The van der Waals surface area contributed by atoms with E-state index in [2.05, 4.69) is 53.5 Å². The van der Waals surface area contributed by atoms with Crippen molar-refractivity contribution in [3.8, 4) is 0 Å². The van der Waals surface area contributed by atoms with Gasteiger partial charge in [-0.05, 0) is 51.2 Å². The Balaban J connectivity index is 2.72. The van der Waals surface area contributed by atoms with Crippen molar-refractivity contribution in [2.75, 3.05) is 38.6 Å². The molecule has 1 fully saturated rings. The highest BCUT2D eigenvalue weighted by molar-refractivity contribution is 9.09. The van der Waals surface area contributed by atoms with Crippen LogP contribution in [0.15, 0.2) is 0 Å². The predicted molar refractivity (Wildman–Crippen MR) is 84.6 cm³/mol. The van der Waals surface area contributed by atoms with Gasteiger partial charge in [-0.25, -0.2) is 0 Å². The quantitative estimate of drug-likeness (QED) is 0.690. The molecule has 0 aliphatic carbocycles. The van der Waals surface area contributed by atoms with Crippen LogP contribution in [0, 0.1) is 5.41 Å². The van der Waals surface area contributed by atoms with Crippen LogP contribution >= 0.6 is 15.9 Å². The molecule has 0 radical (unpaired) electrons. The fourth-order valence-corrected chi connectivity index (χ4v) is 3.99. The van der Waals surface area contributed by atoms with Crippen molar-refractivity contribution in [1.82, 2.24) is 9.80 Å². The highest BCUT2D eigenvalue weighted by Crippen LogP contribution is 2.31. The van der Waals surface area contributed by atoms with E-state index in [1.165, 1.54) is 51.9 Å². The predicted octanol–water partition coefficient (Wildman–Crippen LogP) is 3.60. The third kappa shape index (κ3) is 4.21. The topological polar surface area (TPSA) is 6.48 Å². The molecule has 1 atom stereocenters. The van der Waals surface area contributed by atoms with Gasteiger partial charge in [-0.15, -0.1) is 0 Å². The third-order valence-electron chi connectivity index (χ3n) is 4.82. The van der Waals surface area contributed by atoms with Gasteiger partial charge in [0.15, 0.2) is 0 Å². The van der Waals surface area contributed by atoms with Crippen molar-refractivity contribution < 1.29 is 0 Å². The zero-order valence-electron chi connectivity index (χ0n) is 12.7. The van der Waals surface area contributed by atoms with Crippen LogP contribution in [0.5, 0.6) is 0 Å². The lowest BCUT2D eigenvalue weighted by atomic mass is 9.83. The number of hydrogen-bond acceptors (Lipinski definition) is 2. The molecule has 2 nitrogen and oxygen atoms in total. The average Bonchev–Trinajstić information content (AvgIpc) is 2.57. The number of halogens is 1. The van der Waals surface area contributed by atoms with Crippen molar-refractivity contribution in [2.45, 2.75) is 52.5 Å². The first-order chi connectivity index (χ1) is 8.60. The molecule has 1 aliphatic heterocycles. The lowest BCUT2D eigenvalue weighted by Crippen LogP contribution is -2.46. The summed E-state index contributed by atoms with van der Waals surface area (Å²) in [7, 11) is 2.27. The number of alkyl halides is 1. The zero-order valence-corrected chi connectivity index (χ0v) is 14.3. The summed E-state index contributed by atoms with van der Waals surface area (Å²) >= 11 is 3.76. The Morgan fingerprint density at radius 2 is 1.83 bits per heavy atom. The van der Waals surface area contributed by atoms with Gasteiger partial charge in [0, 0.05) is 24.5 Å². The normalized spacial score (nSPS) is 24.2. The molecule has 1 unspecified atom stereocenters. The van der Waals surface area contributed by atoms with Crippen LogP contribution in [0.3, 0.4) is 0 Å². The Bertz CT molecular complexity index is 220. The maximum Gasteiger partial charge on any atom is 0.0220 e. The van der Waals surface area contributed by atoms with E-state index in [0.717, 1.165) is 11.4 Å². The molecule has 3 heteroatoms. The van der Waals surface area contributed by atoms with Crippen LogP contribution < -0.4 is 0 Å². The van der Waals surface area contributed by atoms with E-state index in [1.807, 2.05) is 0 Å². The van der Waals surface area contributed by atoms with E-state index in [-0.39, 0.29) is 0 Å². The summed E-state index contributed by atoms with van der Waals surface area (Å²) in [6.45, 7) is 12.1. The molecule has 0 N–H and O–H groups in total. The first-order valence-electron chi connectivity index (χ1n) is 7.59. The summed E-state index contributed by atoms with van der Waals surface area (Å²) in [6, 6.07) is 0.744. The molecule has 0 spiro atoms. The Labute approximate surface area is 122 Å². The van der Waals surface area contributed by atoms with Gasteiger partial charge in [0.25, 0.3) is 0 Å². The van der Waals surface area contributed by atoms with Crippen LogP contribution in [-0.4, -0.2) is 54.4 Å². The molecule has 0 aromatic rings. The van der Waals surface area contributed by atoms with Gasteiger partial charge in [0.2, 0.25) is 0 Å². The van der Waals surface area contributed by atoms with E-state index in [0.29, 0.717) is 5.41 Å². The van der Waals surface area contributed by atoms with E-state index in [4.69, 9.17) is 0 Å². The van der Waals surface area contributed by atoms with E-state index < -0.39 is 0 Å². The molecular weight excluding hydrogens is 288 g/mol. The van der Waals surface area contributed by atoms with Crippen molar-refractivity contribution in [3.05, 3.63) is 0 Å². The fourth-order valence-electron chi connectivity index (χ4n) is 3.02. The minimum atomic E-state index is 0.469. The second-order valence-corrected chi connectivity index (χ2v) is 6.55. The second-order valence-electron chi connectivity index (χ2n) is 5.99. The van der Waals surface area contributed by atoms with Crippen LogP contribution in [0.25, 0.3) is 0 Å². The first-order valence-corrected chi connectivity index (χ1v) is 8.71. The van der Waals surface area contributed by atoms with Crippen LogP contribution in [0.1, 0.15) is 46.5 Å². The summed E-state index contributed by atoms with van der Waals surface area (Å²) in [5.74, 6) is 0. The van der Waals surface area contributed by atoms with Crippen molar-refractivity contribution >= 4 is 15.9 Å². The summed E-state index contributed by atoms with van der Waals surface area (Å²) in [6.07, 6.45) is 5.14. The highest BCUT2D eigenvalue weighted by atomic mass is 79.9. The molecule has 18 heavy (non-hydrogen) atoms. The molecule has 1 heterocycles. The smallest absolute Gasteiger partial charge is 0.0220 e. The SMILES string of the molecule is CCC1CN(C)CCCN1CC(CC)(CC)CBr. The van der Waals surface area contributed by atoms with Crippen molar-refractivity contribution in [1.29, 1.82) is 0 Å². The third-order valence-corrected chi connectivity index (χ3v) is 6.01.